The van der Waals surface area contributed by atoms with E-state index in [4.69, 9.17) is 0 Å². The number of aliphatic hydroxyl groups is 1. The predicted molar refractivity (Wildman–Crippen MR) is 72.1 cm³/mol. The van der Waals surface area contributed by atoms with Crippen LogP contribution >= 0.6 is 0 Å². The van der Waals surface area contributed by atoms with E-state index >= 15 is 0 Å². The summed E-state index contributed by atoms with van der Waals surface area (Å²) in [5.41, 5.74) is 0.616. The second-order valence-corrected chi connectivity index (χ2v) is 4.86. The number of amides is 1. The smallest absolute Gasteiger partial charge is 0.237 e. The van der Waals surface area contributed by atoms with E-state index in [-0.39, 0.29) is 24.3 Å². The van der Waals surface area contributed by atoms with Crippen molar-refractivity contribution in [1.82, 2.24) is 10.6 Å². The first kappa shape index (κ1) is 15.6. The molecule has 2 atom stereocenters. The van der Waals surface area contributed by atoms with Crippen molar-refractivity contribution >= 4 is 5.91 Å². The van der Waals surface area contributed by atoms with E-state index < -0.39 is 12.1 Å². The molecule has 4 nitrogen and oxygen atoms in total. The molecule has 1 aromatic rings. The monoisotopic (exact) mass is 268 g/mol. The molecule has 0 radical (unpaired) electrons. The second-order valence-electron chi connectivity index (χ2n) is 4.86. The van der Waals surface area contributed by atoms with Crippen LogP contribution in [0.3, 0.4) is 0 Å². The summed E-state index contributed by atoms with van der Waals surface area (Å²) >= 11 is 0. The molecule has 0 bridgehead atoms. The van der Waals surface area contributed by atoms with Crippen LogP contribution in [0, 0.1) is 5.82 Å². The van der Waals surface area contributed by atoms with Crippen molar-refractivity contribution < 1.29 is 14.3 Å². The molecule has 19 heavy (non-hydrogen) atoms. The van der Waals surface area contributed by atoms with Crippen molar-refractivity contribution in [2.45, 2.75) is 39.0 Å². The number of aliphatic hydroxyl groups excluding tert-OH is 1. The molecule has 1 amide bonds. The minimum absolute atomic E-state index is 0.0822. The zero-order valence-electron chi connectivity index (χ0n) is 11.5. The maximum atomic E-state index is 12.7. The molecule has 0 heterocycles. The van der Waals surface area contributed by atoms with Gasteiger partial charge in [0.2, 0.25) is 5.91 Å². The van der Waals surface area contributed by atoms with Gasteiger partial charge >= 0.3 is 0 Å². The molecule has 0 aliphatic rings. The van der Waals surface area contributed by atoms with Crippen molar-refractivity contribution in [1.29, 1.82) is 0 Å². The van der Waals surface area contributed by atoms with Crippen molar-refractivity contribution in [3.05, 3.63) is 35.6 Å². The Balaban J connectivity index is 2.43. The Kier molecular flexibility index (Phi) is 5.92. The van der Waals surface area contributed by atoms with Crippen molar-refractivity contribution in [3.8, 4) is 0 Å². The first-order valence-electron chi connectivity index (χ1n) is 6.37. The highest BCUT2D eigenvalue weighted by Gasteiger charge is 2.15. The van der Waals surface area contributed by atoms with Crippen LogP contribution in [0.5, 0.6) is 0 Å². The Morgan fingerprint density at radius 3 is 2.37 bits per heavy atom. The van der Waals surface area contributed by atoms with Crippen LogP contribution in [0.1, 0.15) is 32.4 Å². The number of carbonyl (C=O) groups is 1. The number of hydrogen-bond acceptors (Lipinski definition) is 3. The van der Waals surface area contributed by atoms with Crippen LogP contribution in [0.4, 0.5) is 4.39 Å². The summed E-state index contributed by atoms with van der Waals surface area (Å²) in [5.74, 6) is -0.449. The van der Waals surface area contributed by atoms with Crippen LogP contribution < -0.4 is 10.6 Å². The molecule has 0 saturated carbocycles. The molecule has 5 heteroatoms. The van der Waals surface area contributed by atoms with Gasteiger partial charge in [-0.15, -0.1) is 0 Å². The number of benzene rings is 1. The summed E-state index contributed by atoms with van der Waals surface area (Å²) in [5, 5.41) is 15.6. The van der Waals surface area contributed by atoms with Gasteiger partial charge in [-0.1, -0.05) is 12.1 Å². The Labute approximate surface area is 113 Å². The number of carbonyl (C=O) groups excluding carboxylic acids is 1. The SMILES string of the molecule is CC(C)NC(=O)C(C)NCC(O)c1ccc(F)cc1. The van der Waals surface area contributed by atoms with E-state index in [0.29, 0.717) is 5.56 Å². The fraction of sp³-hybridized carbons (Fsp3) is 0.500. The fourth-order valence-electron chi connectivity index (χ4n) is 1.59. The van der Waals surface area contributed by atoms with Crippen molar-refractivity contribution in [2.24, 2.45) is 0 Å². The average Bonchev–Trinajstić information content (AvgIpc) is 2.35. The van der Waals surface area contributed by atoms with Gasteiger partial charge in [0.1, 0.15) is 5.82 Å². The number of rotatable bonds is 6. The highest BCUT2D eigenvalue weighted by molar-refractivity contribution is 5.81. The summed E-state index contributed by atoms with van der Waals surface area (Å²) in [7, 11) is 0. The molecule has 0 aromatic heterocycles. The normalized spacial score (nSPS) is 14.2. The Morgan fingerprint density at radius 2 is 1.84 bits per heavy atom. The molecule has 0 fully saturated rings. The lowest BCUT2D eigenvalue weighted by Gasteiger charge is -2.18. The average molecular weight is 268 g/mol. The lowest BCUT2D eigenvalue weighted by atomic mass is 10.1. The molecule has 0 saturated heterocycles. The zero-order chi connectivity index (χ0) is 14.4. The molecule has 106 valence electrons. The fourth-order valence-corrected chi connectivity index (χ4v) is 1.59. The number of nitrogens with one attached hydrogen (secondary N) is 2. The summed E-state index contributed by atoms with van der Waals surface area (Å²) in [6.45, 7) is 5.74. The van der Waals surface area contributed by atoms with E-state index in [1.807, 2.05) is 13.8 Å². The lowest BCUT2D eigenvalue weighted by Crippen LogP contribution is -2.45. The van der Waals surface area contributed by atoms with Gasteiger partial charge < -0.3 is 15.7 Å². The first-order chi connectivity index (χ1) is 8.90. The molecule has 1 rings (SSSR count). The molecule has 0 aliphatic carbocycles. The van der Waals surface area contributed by atoms with Gasteiger partial charge in [0, 0.05) is 12.6 Å². The number of halogens is 1. The third-order valence-electron chi connectivity index (χ3n) is 2.70. The van der Waals surface area contributed by atoms with Gasteiger partial charge in [0.15, 0.2) is 0 Å². The highest BCUT2D eigenvalue weighted by atomic mass is 19.1. The summed E-state index contributed by atoms with van der Waals surface area (Å²) in [6, 6.07) is 5.35. The highest BCUT2D eigenvalue weighted by Crippen LogP contribution is 2.12. The largest absolute Gasteiger partial charge is 0.387 e. The van der Waals surface area contributed by atoms with E-state index in [9.17, 15) is 14.3 Å². The van der Waals surface area contributed by atoms with E-state index in [1.54, 1.807) is 6.92 Å². The maximum absolute atomic E-state index is 12.7. The molecular formula is C14H21FN2O2. The zero-order valence-corrected chi connectivity index (χ0v) is 11.5. The predicted octanol–water partition coefficient (Wildman–Crippen LogP) is 1.36. The second kappa shape index (κ2) is 7.21. The quantitative estimate of drug-likeness (QED) is 0.730. The molecule has 0 aliphatic heterocycles. The van der Waals surface area contributed by atoms with Crippen molar-refractivity contribution in [3.63, 3.8) is 0 Å². The topological polar surface area (TPSA) is 61.4 Å². The molecular weight excluding hydrogens is 247 g/mol. The lowest BCUT2D eigenvalue weighted by molar-refractivity contribution is -0.123. The maximum Gasteiger partial charge on any atom is 0.237 e. The minimum Gasteiger partial charge on any atom is -0.387 e. The van der Waals surface area contributed by atoms with Gasteiger partial charge in [-0.25, -0.2) is 4.39 Å². The Morgan fingerprint density at radius 1 is 1.26 bits per heavy atom. The Hall–Kier alpha value is -1.46. The van der Waals surface area contributed by atoms with Gasteiger partial charge in [0.25, 0.3) is 0 Å². The molecule has 0 spiro atoms. The molecule has 2 unspecified atom stereocenters. The third kappa shape index (κ3) is 5.36. The van der Waals surface area contributed by atoms with Gasteiger partial charge in [0.05, 0.1) is 12.1 Å². The third-order valence-corrected chi connectivity index (χ3v) is 2.70. The van der Waals surface area contributed by atoms with Gasteiger partial charge in [-0.05, 0) is 38.5 Å². The summed E-state index contributed by atoms with van der Waals surface area (Å²) < 4.78 is 12.7. The molecule has 3 N–H and O–H groups in total. The van der Waals surface area contributed by atoms with E-state index in [1.165, 1.54) is 24.3 Å². The van der Waals surface area contributed by atoms with Gasteiger partial charge in [-0.3, -0.25) is 4.79 Å². The standard InChI is InChI=1S/C14H21FN2O2/c1-9(2)17-14(19)10(3)16-8-13(18)11-4-6-12(15)7-5-11/h4-7,9-10,13,16,18H,8H2,1-3H3,(H,17,19). The number of hydrogen-bond donors (Lipinski definition) is 3. The first-order valence-corrected chi connectivity index (χ1v) is 6.37. The molecule has 1 aromatic carbocycles. The van der Waals surface area contributed by atoms with E-state index in [2.05, 4.69) is 10.6 Å². The minimum atomic E-state index is -0.769. The Bertz CT molecular complexity index is 406. The van der Waals surface area contributed by atoms with Crippen molar-refractivity contribution in [2.75, 3.05) is 6.54 Å². The summed E-state index contributed by atoms with van der Waals surface area (Å²) in [4.78, 5) is 11.6. The van der Waals surface area contributed by atoms with Gasteiger partial charge in [-0.2, -0.15) is 0 Å². The van der Waals surface area contributed by atoms with Crippen LogP contribution in [-0.2, 0) is 4.79 Å². The van der Waals surface area contributed by atoms with Crippen LogP contribution in [0.2, 0.25) is 0 Å². The van der Waals surface area contributed by atoms with Crippen LogP contribution in [0.15, 0.2) is 24.3 Å². The van der Waals surface area contributed by atoms with E-state index in [0.717, 1.165) is 0 Å². The summed E-state index contributed by atoms with van der Waals surface area (Å²) in [6.07, 6.45) is -0.769. The van der Waals surface area contributed by atoms with Crippen LogP contribution in [0.25, 0.3) is 0 Å². The van der Waals surface area contributed by atoms with Crippen LogP contribution in [-0.4, -0.2) is 29.6 Å².